The van der Waals surface area contributed by atoms with Gasteiger partial charge in [0.25, 0.3) is 0 Å². The number of aliphatic carboxylic acids is 1. The topological polar surface area (TPSA) is 66.0 Å². The van der Waals surface area contributed by atoms with Crippen molar-refractivity contribution in [2.24, 2.45) is 0 Å². The van der Waals surface area contributed by atoms with Gasteiger partial charge in [-0.25, -0.2) is 4.79 Å². The van der Waals surface area contributed by atoms with Crippen molar-refractivity contribution in [1.82, 2.24) is 4.57 Å². The number of carbonyl (C=O) groups is 1. The Bertz CT molecular complexity index is 2760. The highest BCUT2D eigenvalue weighted by Crippen LogP contribution is 2.51. The molecular formula is C58H70N2O2S4. The Hall–Kier alpha value is -4.26. The molecule has 0 unspecified atom stereocenters. The molecule has 8 heteroatoms. The van der Waals surface area contributed by atoms with Crippen LogP contribution in [-0.4, -0.2) is 15.6 Å². The van der Waals surface area contributed by atoms with Crippen LogP contribution in [0.4, 0.5) is 0 Å². The number of rotatable bonds is 27. The summed E-state index contributed by atoms with van der Waals surface area (Å²) in [4.78, 5) is 22.4. The zero-order chi connectivity index (χ0) is 46.4. The fourth-order valence-electron chi connectivity index (χ4n) is 9.52. The maximum atomic E-state index is 12.0. The summed E-state index contributed by atoms with van der Waals surface area (Å²) in [6.45, 7) is 12.3. The van der Waals surface area contributed by atoms with Crippen LogP contribution in [0.3, 0.4) is 0 Å². The van der Waals surface area contributed by atoms with Crippen LogP contribution in [-0.2, 0) is 37.0 Å². The number of nitriles is 1. The Labute approximate surface area is 411 Å². The molecule has 5 aromatic heterocycles. The Morgan fingerprint density at radius 3 is 1.55 bits per heavy atom. The van der Waals surface area contributed by atoms with Gasteiger partial charge in [0.15, 0.2) is 0 Å². The fourth-order valence-corrected chi connectivity index (χ4v) is 14.8. The van der Waals surface area contributed by atoms with E-state index in [-0.39, 0.29) is 5.57 Å². The van der Waals surface area contributed by atoms with Crippen LogP contribution >= 0.6 is 45.3 Å². The molecule has 0 fully saturated rings. The first-order valence-corrected chi connectivity index (χ1v) is 28.5. The molecule has 0 aliphatic rings. The Balaban J connectivity index is 1.34. The van der Waals surface area contributed by atoms with E-state index in [1.165, 1.54) is 174 Å². The Morgan fingerprint density at radius 2 is 1.02 bits per heavy atom. The van der Waals surface area contributed by atoms with Gasteiger partial charge in [-0.15, -0.1) is 45.3 Å². The molecule has 0 bridgehead atoms. The highest BCUT2D eigenvalue weighted by atomic mass is 32.1. The number of fused-ring (bicyclic) bond motifs is 3. The molecule has 0 amide bonds. The first kappa shape index (κ1) is 49.6. The molecule has 0 saturated carbocycles. The van der Waals surface area contributed by atoms with Gasteiger partial charge in [-0.3, -0.25) is 0 Å². The summed E-state index contributed by atoms with van der Waals surface area (Å²) in [5.41, 5.74) is 9.38. The zero-order valence-electron chi connectivity index (χ0n) is 40.2. The summed E-state index contributed by atoms with van der Waals surface area (Å²) in [6, 6.07) is 27.7. The van der Waals surface area contributed by atoms with Gasteiger partial charge >= 0.3 is 5.97 Å². The maximum absolute atomic E-state index is 12.0. The number of benzene rings is 2. The van der Waals surface area contributed by atoms with Crippen molar-refractivity contribution in [3.63, 3.8) is 0 Å². The quantitative estimate of drug-likeness (QED) is 0.0317. The number of carboxylic acid groups (broad SMARTS) is 1. The molecule has 2 aromatic carbocycles. The maximum Gasteiger partial charge on any atom is 0.346 e. The van der Waals surface area contributed by atoms with Crippen molar-refractivity contribution in [2.45, 2.75) is 170 Å². The van der Waals surface area contributed by atoms with E-state index in [1.54, 1.807) is 17.4 Å². The molecular weight excluding hydrogens is 885 g/mol. The number of para-hydroxylation sites is 1. The minimum atomic E-state index is -1.17. The number of unbranched alkanes of at least 4 members (excludes halogenated alkanes) is 12. The summed E-state index contributed by atoms with van der Waals surface area (Å²) in [5.74, 6) is -1.17. The molecule has 1 N–H and O–H groups in total. The van der Waals surface area contributed by atoms with Crippen LogP contribution in [0.25, 0.3) is 67.6 Å². The number of aromatic nitrogens is 1. The fraction of sp³-hybridized carbons (Fsp3) is 0.448. The largest absolute Gasteiger partial charge is 0.477 e. The van der Waals surface area contributed by atoms with Gasteiger partial charge in [-0.1, -0.05) is 129 Å². The van der Waals surface area contributed by atoms with E-state index in [4.69, 9.17) is 0 Å². The van der Waals surface area contributed by atoms with Crippen LogP contribution in [0, 0.1) is 11.3 Å². The van der Waals surface area contributed by atoms with Gasteiger partial charge in [-0.05, 0) is 135 Å². The molecule has 0 spiro atoms. The third kappa shape index (κ3) is 11.9. The molecule has 7 aromatic rings. The van der Waals surface area contributed by atoms with E-state index in [2.05, 4.69) is 106 Å². The van der Waals surface area contributed by atoms with Gasteiger partial charge in [-0.2, -0.15) is 5.26 Å². The van der Waals surface area contributed by atoms with E-state index in [9.17, 15) is 15.2 Å². The second kappa shape index (κ2) is 24.7. The minimum absolute atomic E-state index is 0.211. The van der Waals surface area contributed by atoms with Gasteiger partial charge in [0.2, 0.25) is 0 Å². The van der Waals surface area contributed by atoms with Gasteiger partial charge in [0.05, 0.1) is 0 Å². The van der Waals surface area contributed by atoms with Crippen molar-refractivity contribution >= 4 is 79.2 Å². The van der Waals surface area contributed by atoms with Gasteiger partial charge < -0.3 is 9.67 Å². The van der Waals surface area contributed by atoms with E-state index in [0.717, 1.165) is 49.9 Å². The number of thiophene rings is 4. The van der Waals surface area contributed by atoms with Crippen molar-refractivity contribution in [3.8, 4) is 45.8 Å². The molecule has 5 heterocycles. The number of aryl methyl sites for hydroxylation is 5. The van der Waals surface area contributed by atoms with Gasteiger partial charge in [0.1, 0.15) is 11.6 Å². The normalized spacial score (nSPS) is 12.0. The summed E-state index contributed by atoms with van der Waals surface area (Å²) in [6.07, 6.45) is 25.1. The highest BCUT2D eigenvalue weighted by Gasteiger charge is 2.24. The van der Waals surface area contributed by atoms with Crippen molar-refractivity contribution in [3.05, 3.63) is 99.4 Å². The molecule has 0 aliphatic carbocycles. The lowest BCUT2D eigenvalue weighted by molar-refractivity contribution is -0.132. The zero-order valence-corrected chi connectivity index (χ0v) is 43.4. The predicted octanol–water partition coefficient (Wildman–Crippen LogP) is 19.2. The minimum Gasteiger partial charge on any atom is -0.477 e. The summed E-state index contributed by atoms with van der Waals surface area (Å²) in [5, 5.41) is 22.1. The van der Waals surface area contributed by atoms with Crippen molar-refractivity contribution < 1.29 is 9.90 Å². The SMILES string of the molecule is CCCCCCc1cc(-c2ccc3c(c2)c2ccccc2n3CC)sc1-c1cc(CCCCCC)c(-c2cc(CCCCCC)c(-c3sc(/C=C(/C#N)C(=O)O)cc3CCCCCC)s2)s1. The van der Waals surface area contributed by atoms with Crippen molar-refractivity contribution in [2.75, 3.05) is 0 Å². The lowest BCUT2D eigenvalue weighted by Gasteiger charge is -2.06. The first-order valence-electron chi connectivity index (χ1n) is 25.2. The molecule has 66 heavy (non-hydrogen) atoms. The smallest absolute Gasteiger partial charge is 0.346 e. The second-order valence-electron chi connectivity index (χ2n) is 18.1. The van der Waals surface area contributed by atoms with Crippen LogP contribution in [0.1, 0.15) is 164 Å². The van der Waals surface area contributed by atoms with Crippen molar-refractivity contribution in [1.29, 1.82) is 5.26 Å². The Morgan fingerprint density at radius 1 is 0.545 bits per heavy atom. The lowest BCUT2D eigenvalue weighted by atomic mass is 10.0. The first-order chi connectivity index (χ1) is 32.3. The molecule has 7 rings (SSSR count). The summed E-state index contributed by atoms with van der Waals surface area (Å²) < 4.78 is 2.45. The van der Waals surface area contributed by atoms with E-state index in [0.29, 0.717) is 0 Å². The molecule has 4 nitrogen and oxygen atoms in total. The van der Waals surface area contributed by atoms with Crippen LogP contribution in [0.15, 0.2) is 72.3 Å². The summed E-state index contributed by atoms with van der Waals surface area (Å²) in [7, 11) is 0. The third-order valence-corrected chi connectivity index (χ3v) is 18.3. The van der Waals surface area contributed by atoms with Gasteiger partial charge in [0, 0.05) is 67.4 Å². The predicted molar refractivity (Wildman–Crippen MR) is 291 cm³/mol. The summed E-state index contributed by atoms with van der Waals surface area (Å²) >= 11 is 7.62. The number of hydrogen-bond donors (Lipinski definition) is 1. The average Bonchev–Trinajstić information content (AvgIpc) is 4.17. The van der Waals surface area contributed by atoms with Crippen LogP contribution < -0.4 is 0 Å². The monoisotopic (exact) mass is 954 g/mol. The molecule has 348 valence electrons. The Kier molecular flexibility index (Phi) is 18.6. The number of hydrogen-bond acceptors (Lipinski definition) is 6. The molecule has 0 atom stereocenters. The third-order valence-electron chi connectivity index (χ3n) is 13.1. The lowest BCUT2D eigenvalue weighted by Crippen LogP contribution is -1.96. The highest BCUT2D eigenvalue weighted by molar-refractivity contribution is 7.29. The standard InChI is InChI=1S/C58H70N2O2S4/c1-6-11-15-19-25-41-33-46(34-45(39-59)58(61)62)63-56(41)57-44(28-22-18-14-9-4)38-53(66-57)55-43(27-21-17-13-8-3)37-52(65-55)54-42(26-20-16-12-7-2)36-51(64-54)40-31-32-50-48(35-40)47-29-23-24-30-49(47)60(50)10-5/h23-24,29-38H,6-22,25-28H2,1-5H3,(H,61,62)/b45-34-. The van der Waals surface area contributed by atoms with Crippen LogP contribution in [0.2, 0.25) is 0 Å². The number of nitrogens with zero attached hydrogens (tertiary/aromatic N) is 2. The number of carboxylic acids is 1. The molecule has 0 radical (unpaired) electrons. The molecule has 0 saturated heterocycles. The molecule has 0 aliphatic heterocycles. The van der Waals surface area contributed by atoms with E-state index in [1.807, 2.05) is 40.1 Å². The van der Waals surface area contributed by atoms with E-state index >= 15 is 0 Å². The van der Waals surface area contributed by atoms with E-state index < -0.39 is 5.97 Å². The second-order valence-corrected chi connectivity index (χ2v) is 22.3. The van der Waals surface area contributed by atoms with Crippen LogP contribution in [0.5, 0.6) is 0 Å². The average molecular weight is 955 g/mol.